The molecule has 0 fully saturated rings. The zero-order valence-corrected chi connectivity index (χ0v) is 13.2. The van der Waals surface area contributed by atoms with Crippen molar-refractivity contribution in [2.75, 3.05) is 20.2 Å². The van der Waals surface area contributed by atoms with Gasteiger partial charge in [0.25, 0.3) is 0 Å². The summed E-state index contributed by atoms with van der Waals surface area (Å²) in [5.74, 6) is 0. The molecule has 1 aromatic rings. The molecule has 1 N–H and O–H groups in total. The van der Waals surface area contributed by atoms with Crippen LogP contribution in [0.1, 0.15) is 26.3 Å². The van der Waals surface area contributed by atoms with E-state index in [2.05, 4.69) is 0 Å². The van der Waals surface area contributed by atoms with Crippen LogP contribution in [0.3, 0.4) is 0 Å². The Hall–Kier alpha value is -1.59. The van der Waals surface area contributed by atoms with Gasteiger partial charge in [-0.3, -0.25) is 0 Å². The van der Waals surface area contributed by atoms with Crippen molar-refractivity contribution in [3.8, 4) is 0 Å². The molecule has 0 bridgehead atoms. The second-order valence-electron chi connectivity index (χ2n) is 6.02. The van der Waals surface area contributed by atoms with Crippen LogP contribution in [0.15, 0.2) is 30.3 Å². The minimum absolute atomic E-state index is 0.169. The first-order valence-corrected chi connectivity index (χ1v) is 7.02. The zero-order valence-electron chi connectivity index (χ0n) is 13.2. The van der Waals surface area contributed by atoms with E-state index in [4.69, 9.17) is 9.47 Å². The normalized spacial score (nSPS) is 12.8. The number of aliphatic hydroxyl groups is 1. The molecular weight excluding hydrogens is 270 g/mol. The van der Waals surface area contributed by atoms with Crippen molar-refractivity contribution in [2.24, 2.45) is 0 Å². The van der Waals surface area contributed by atoms with E-state index in [1.807, 2.05) is 30.3 Å². The number of hydrogen-bond acceptors (Lipinski definition) is 4. The van der Waals surface area contributed by atoms with Gasteiger partial charge in [0.15, 0.2) is 0 Å². The fourth-order valence-corrected chi connectivity index (χ4v) is 1.67. The van der Waals surface area contributed by atoms with Crippen LogP contribution in [0, 0.1) is 0 Å². The molecular formula is C16H25NO4. The van der Waals surface area contributed by atoms with E-state index < -0.39 is 17.8 Å². The van der Waals surface area contributed by atoms with Crippen molar-refractivity contribution in [3.05, 3.63) is 35.9 Å². The van der Waals surface area contributed by atoms with Gasteiger partial charge < -0.3 is 19.5 Å². The van der Waals surface area contributed by atoms with Crippen molar-refractivity contribution < 1.29 is 19.4 Å². The molecule has 21 heavy (non-hydrogen) atoms. The lowest BCUT2D eigenvalue weighted by Gasteiger charge is -2.26. The van der Waals surface area contributed by atoms with Crippen molar-refractivity contribution in [1.82, 2.24) is 4.90 Å². The second kappa shape index (κ2) is 8.00. The number of nitrogens with zero attached hydrogens (tertiary/aromatic N) is 1. The molecule has 118 valence electrons. The molecule has 0 unspecified atom stereocenters. The van der Waals surface area contributed by atoms with Crippen LogP contribution in [0.4, 0.5) is 4.79 Å². The van der Waals surface area contributed by atoms with Crippen molar-refractivity contribution in [1.29, 1.82) is 0 Å². The van der Waals surface area contributed by atoms with Crippen LogP contribution in [-0.2, 0) is 16.1 Å². The molecule has 1 aromatic carbocycles. The van der Waals surface area contributed by atoms with Gasteiger partial charge in [0, 0.05) is 7.05 Å². The van der Waals surface area contributed by atoms with Gasteiger partial charge in [-0.1, -0.05) is 30.3 Å². The highest BCUT2D eigenvalue weighted by molar-refractivity contribution is 5.67. The van der Waals surface area contributed by atoms with Crippen LogP contribution in [-0.4, -0.2) is 48.0 Å². The molecule has 0 heterocycles. The molecule has 0 aliphatic heterocycles. The number of hydrogen-bond donors (Lipinski definition) is 1. The second-order valence-corrected chi connectivity index (χ2v) is 6.02. The standard InChI is InChI=1S/C16H25NO4/c1-16(2,3)21-15(19)17(4)10-14(18)12-20-11-13-8-6-5-7-9-13/h5-9,14,18H,10-12H2,1-4H3/t14-/m1/s1. The monoisotopic (exact) mass is 295 g/mol. The average molecular weight is 295 g/mol. The first kappa shape index (κ1) is 17.5. The minimum atomic E-state index is -0.744. The molecule has 0 radical (unpaired) electrons. The molecule has 0 aromatic heterocycles. The van der Waals surface area contributed by atoms with E-state index in [9.17, 15) is 9.90 Å². The molecule has 0 aliphatic carbocycles. The van der Waals surface area contributed by atoms with Gasteiger partial charge in [0.05, 0.1) is 25.9 Å². The van der Waals surface area contributed by atoms with Gasteiger partial charge in [-0.05, 0) is 26.3 Å². The fourth-order valence-electron chi connectivity index (χ4n) is 1.67. The Bertz CT molecular complexity index is 428. The first-order valence-electron chi connectivity index (χ1n) is 7.02. The predicted octanol–water partition coefficient (Wildman–Crippen LogP) is 2.43. The van der Waals surface area contributed by atoms with Crippen LogP contribution < -0.4 is 0 Å². The average Bonchev–Trinajstić information content (AvgIpc) is 2.37. The summed E-state index contributed by atoms with van der Waals surface area (Å²) in [6, 6.07) is 9.73. The number of benzene rings is 1. The summed E-state index contributed by atoms with van der Waals surface area (Å²) < 4.78 is 10.6. The third kappa shape index (κ3) is 7.68. The predicted molar refractivity (Wildman–Crippen MR) is 81.0 cm³/mol. The molecule has 0 aliphatic rings. The van der Waals surface area contributed by atoms with Gasteiger partial charge in [-0.15, -0.1) is 0 Å². The number of aliphatic hydroxyl groups excluding tert-OH is 1. The SMILES string of the molecule is CN(C[C@@H](O)COCc1ccccc1)C(=O)OC(C)(C)C. The summed E-state index contributed by atoms with van der Waals surface area (Å²) in [6.45, 7) is 6.19. The van der Waals surface area contributed by atoms with Crippen LogP contribution in [0.2, 0.25) is 0 Å². The number of amides is 1. The Labute approximate surface area is 126 Å². The third-order valence-corrected chi connectivity index (χ3v) is 2.61. The number of carbonyl (C=O) groups excluding carboxylic acids is 1. The Morgan fingerprint density at radius 2 is 1.90 bits per heavy atom. The van der Waals surface area contributed by atoms with E-state index in [1.54, 1.807) is 27.8 Å². The quantitative estimate of drug-likeness (QED) is 0.875. The molecule has 0 saturated carbocycles. The molecule has 5 nitrogen and oxygen atoms in total. The number of carbonyl (C=O) groups is 1. The summed E-state index contributed by atoms with van der Waals surface area (Å²) in [5, 5.41) is 9.87. The lowest BCUT2D eigenvalue weighted by molar-refractivity contribution is -0.00291. The largest absolute Gasteiger partial charge is 0.444 e. The van der Waals surface area contributed by atoms with E-state index in [0.717, 1.165) is 5.56 Å². The van der Waals surface area contributed by atoms with E-state index in [1.165, 1.54) is 4.90 Å². The van der Waals surface area contributed by atoms with Crippen molar-refractivity contribution >= 4 is 6.09 Å². The molecule has 1 amide bonds. The smallest absolute Gasteiger partial charge is 0.410 e. The lowest BCUT2D eigenvalue weighted by Crippen LogP contribution is -2.39. The van der Waals surface area contributed by atoms with Gasteiger partial charge >= 0.3 is 6.09 Å². The number of likely N-dealkylation sites (N-methyl/N-ethyl adjacent to an activating group) is 1. The summed E-state index contributed by atoms with van der Waals surface area (Å²) in [6.07, 6.45) is -1.20. The first-order chi connectivity index (χ1) is 9.78. The minimum Gasteiger partial charge on any atom is -0.444 e. The van der Waals surface area contributed by atoms with Gasteiger partial charge in [0.1, 0.15) is 5.60 Å². The highest BCUT2D eigenvalue weighted by Crippen LogP contribution is 2.09. The number of ether oxygens (including phenoxy) is 2. The van der Waals surface area contributed by atoms with Crippen molar-refractivity contribution in [2.45, 2.75) is 39.1 Å². The Morgan fingerprint density at radius 1 is 1.29 bits per heavy atom. The Balaban J connectivity index is 2.26. The van der Waals surface area contributed by atoms with Gasteiger partial charge in [0.2, 0.25) is 0 Å². The topological polar surface area (TPSA) is 59.0 Å². The molecule has 1 atom stereocenters. The maximum Gasteiger partial charge on any atom is 0.410 e. The fraction of sp³-hybridized carbons (Fsp3) is 0.562. The molecule has 1 rings (SSSR count). The molecule has 0 saturated heterocycles. The Kier molecular flexibility index (Phi) is 6.65. The Morgan fingerprint density at radius 3 is 2.48 bits per heavy atom. The maximum atomic E-state index is 11.7. The highest BCUT2D eigenvalue weighted by Gasteiger charge is 2.21. The summed E-state index contributed by atoms with van der Waals surface area (Å²) >= 11 is 0. The lowest BCUT2D eigenvalue weighted by atomic mass is 10.2. The van der Waals surface area contributed by atoms with Crippen molar-refractivity contribution in [3.63, 3.8) is 0 Å². The highest BCUT2D eigenvalue weighted by atomic mass is 16.6. The zero-order chi connectivity index (χ0) is 15.9. The van der Waals surface area contributed by atoms with Crippen LogP contribution in [0.5, 0.6) is 0 Å². The van der Waals surface area contributed by atoms with Gasteiger partial charge in [-0.2, -0.15) is 0 Å². The summed E-state index contributed by atoms with van der Waals surface area (Å²) in [7, 11) is 1.59. The van der Waals surface area contributed by atoms with E-state index in [-0.39, 0.29) is 13.2 Å². The molecule has 0 spiro atoms. The van der Waals surface area contributed by atoms with E-state index in [0.29, 0.717) is 6.61 Å². The number of rotatable bonds is 6. The van der Waals surface area contributed by atoms with Crippen LogP contribution >= 0.6 is 0 Å². The van der Waals surface area contributed by atoms with Crippen LogP contribution in [0.25, 0.3) is 0 Å². The third-order valence-electron chi connectivity index (χ3n) is 2.61. The maximum absolute atomic E-state index is 11.7. The summed E-state index contributed by atoms with van der Waals surface area (Å²) in [5.41, 5.74) is 0.505. The molecule has 5 heteroatoms. The summed E-state index contributed by atoms with van der Waals surface area (Å²) in [4.78, 5) is 13.1. The van der Waals surface area contributed by atoms with E-state index >= 15 is 0 Å². The van der Waals surface area contributed by atoms with Gasteiger partial charge in [-0.25, -0.2) is 4.79 Å².